The molecule has 0 atom stereocenters. The van der Waals surface area contributed by atoms with Gasteiger partial charge in [0.1, 0.15) is 0 Å². The summed E-state index contributed by atoms with van der Waals surface area (Å²) < 4.78 is 1.72. The van der Waals surface area contributed by atoms with E-state index in [2.05, 4.69) is 15.1 Å². The van der Waals surface area contributed by atoms with E-state index in [1.54, 1.807) is 4.68 Å². The second kappa shape index (κ2) is 3.81. The van der Waals surface area contributed by atoms with Gasteiger partial charge in [-0.15, -0.1) is 0 Å². The quantitative estimate of drug-likeness (QED) is 0.821. The van der Waals surface area contributed by atoms with Crippen molar-refractivity contribution in [2.45, 2.75) is 32.6 Å². The molecule has 3 rings (SSSR count). The van der Waals surface area contributed by atoms with Crippen molar-refractivity contribution in [1.82, 2.24) is 19.7 Å². The van der Waals surface area contributed by atoms with Crippen molar-refractivity contribution in [3.63, 3.8) is 0 Å². The standard InChI is InChI=1S/C12H13ClN4/c1-7-8(2)15-12(11(13)14-7)17-6-5-10(16-17)9-3-4-9/h5-6,9H,3-4H2,1-2H3. The van der Waals surface area contributed by atoms with Gasteiger partial charge in [-0.25, -0.2) is 14.6 Å². The second-order valence-electron chi connectivity index (χ2n) is 4.47. The van der Waals surface area contributed by atoms with Gasteiger partial charge in [-0.1, -0.05) is 11.6 Å². The predicted octanol–water partition coefficient (Wildman–Crippen LogP) is 2.81. The minimum Gasteiger partial charge on any atom is -0.236 e. The summed E-state index contributed by atoms with van der Waals surface area (Å²) in [5, 5.41) is 4.91. The third-order valence-corrected chi connectivity index (χ3v) is 3.32. The van der Waals surface area contributed by atoms with Crippen molar-refractivity contribution in [2.75, 3.05) is 0 Å². The zero-order chi connectivity index (χ0) is 12.0. The van der Waals surface area contributed by atoms with Crippen molar-refractivity contribution >= 4 is 11.6 Å². The van der Waals surface area contributed by atoms with E-state index in [1.807, 2.05) is 26.1 Å². The van der Waals surface area contributed by atoms with E-state index >= 15 is 0 Å². The average Bonchev–Trinajstić information content (AvgIpc) is 3.03. The van der Waals surface area contributed by atoms with Crippen LogP contribution in [-0.2, 0) is 0 Å². The zero-order valence-corrected chi connectivity index (χ0v) is 10.6. The van der Waals surface area contributed by atoms with E-state index < -0.39 is 0 Å². The first kappa shape index (κ1) is 10.7. The number of aromatic nitrogens is 4. The molecule has 1 aliphatic rings. The van der Waals surface area contributed by atoms with Crippen LogP contribution >= 0.6 is 11.6 Å². The van der Waals surface area contributed by atoms with Crippen LogP contribution in [0.1, 0.15) is 35.8 Å². The van der Waals surface area contributed by atoms with Crippen molar-refractivity contribution in [3.8, 4) is 5.82 Å². The molecule has 0 N–H and O–H groups in total. The smallest absolute Gasteiger partial charge is 0.191 e. The van der Waals surface area contributed by atoms with Crippen molar-refractivity contribution in [2.24, 2.45) is 0 Å². The Morgan fingerprint density at radius 1 is 1.24 bits per heavy atom. The Morgan fingerprint density at radius 2 is 1.94 bits per heavy atom. The molecule has 5 heteroatoms. The van der Waals surface area contributed by atoms with Crippen molar-refractivity contribution < 1.29 is 0 Å². The third-order valence-electron chi connectivity index (χ3n) is 3.07. The van der Waals surface area contributed by atoms with Crippen LogP contribution in [0.15, 0.2) is 12.3 Å². The first-order chi connectivity index (χ1) is 8.15. The maximum Gasteiger partial charge on any atom is 0.191 e. The van der Waals surface area contributed by atoms with Gasteiger partial charge < -0.3 is 0 Å². The van der Waals surface area contributed by atoms with Gasteiger partial charge in [-0.05, 0) is 32.8 Å². The maximum atomic E-state index is 6.11. The van der Waals surface area contributed by atoms with E-state index in [4.69, 9.17) is 11.6 Å². The van der Waals surface area contributed by atoms with Crippen LogP contribution in [0.25, 0.3) is 5.82 Å². The lowest BCUT2D eigenvalue weighted by Gasteiger charge is -2.05. The molecule has 0 unspecified atom stereocenters. The summed E-state index contributed by atoms with van der Waals surface area (Å²) in [7, 11) is 0. The second-order valence-corrected chi connectivity index (χ2v) is 4.83. The van der Waals surface area contributed by atoms with E-state index in [0.29, 0.717) is 16.9 Å². The normalized spacial score (nSPS) is 15.2. The molecule has 0 spiro atoms. The highest BCUT2D eigenvalue weighted by Gasteiger charge is 2.26. The van der Waals surface area contributed by atoms with Crippen LogP contribution < -0.4 is 0 Å². The monoisotopic (exact) mass is 248 g/mol. The predicted molar refractivity (Wildman–Crippen MR) is 65.6 cm³/mol. The number of halogens is 1. The Hall–Kier alpha value is -1.42. The van der Waals surface area contributed by atoms with Gasteiger partial charge in [-0.2, -0.15) is 5.10 Å². The SMILES string of the molecule is Cc1nc(Cl)c(-n2ccc(C3CC3)n2)nc1C. The Kier molecular flexibility index (Phi) is 2.40. The molecule has 0 saturated heterocycles. The topological polar surface area (TPSA) is 43.6 Å². The summed E-state index contributed by atoms with van der Waals surface area (Å²) in [6.07, 6.45) is 4.38. The molecule has 0 aromatic carbocycles. The fourth-order valence-electron chi connectivity index (χ4n) is 1.76. The summed E-state index contributed by atoms with van der Waals surface area (Å²) in [5.74, 6) is 1.25. The maximum absolute atomic E-state index is 6.11. The summed E-state index contributed by atoms with van der Waals surface area (Å²) in [5.41, 5.74) is 2.86. The molecule has 0 aliphatic heterocycles. The van der Waals surface area contributed by atoms with Gasteiger partial charge >= 0.3 is 0 Å². The molecular formula is C12H13ClN4. The summed E-state index contributed by atoms with van der Waals surface area (Å²) >= 11 is 6.11. The van der Waals surface area contributed by atoms with Gasteiger partial charge in [0.05, 0.1) is 17.1 Å². The molecule has 1 saturated carbocycles. The molecule has 1 aliphatic carbocycles. The number of nitrogens with zero attached hydrogens (tertiary/aromatic N) is 4. The van der Waals surface area contributed by atoms with Crippen molar-refractivity contribution in [3.05, 3.63) is 34.5 Å². The molecule has 88 valence electrons. The van der Waals surface area contributed by atoms with E-state index in [9.17, 15) is 0 Å². The van der Waals surface area contributed by atoms with Crippen LogP contribution in [0.2, 0.25) is 5.15 Å². The van der Waals surface area contributed by atoms with Gasteiger partial charge in [0, 0.05) is 12.1 Å². The van der Waals surface area contributed by atoms with Crippen LogP contribution in [0.4, 0.5) is 0 Å². The molecule has 2 heterocycles. The Labute approximate surface area is 105 Å². The van der Waals surface area contributed by atoms with Gasteiger partial charge in [0.2, 0.25) is 0 Å². The average molecular weight is 249 g/mol. The van der Waals surface area contributed by atoms with Crippen molar-refractivity contribution in [1.29, 1.82) is 0 Å². The Balaban J connectivity index is 2.04. The minimum absolute atomic E-state index is 0.401. The van der Waals surface area contributed by atoms with E-state index in [-0.39, 0.29) is 0 Å². The molecule has 0 amide bonds. The highest BCUT2D eigenvalue weighted by molar-refractivity contribution is 6.30. The van der Waals surface area contributed by atoms with Gasteiger partial charge in [0.15, 0.2) is 11.0 Å². The Morgan fingerprint density at radius 3 is 2.65 bits per heavy atom. The van der Waals surface area contributed by atoms with Crippen LogP contribution in [0.5, 0.6) is 0 Å². The molecule has 0 bridgehead atoms. The lowest BCUT2D eigenvalue weighted by molar-refractivity contribution is 0.797. The summed E-state index contributed by atoms with van der Waals surface area (Å²) in [4.78, 5) is 8.70. The van der Waals surface area contributed by atoms with Gasteiger partial charge in [0.25, 0.3) is 0 Å². The number of hydrogen-bond donors (Lipinski definition) is 0. The number of rotatable bonds is 2. The highest BCUT2D eigenvalue weighted by atomic mass is 35.5. The molecular weight excluding hydrogens is 236 g/mol. The lowest BCUT2D eigenvalue weighted by atomic mass is 10.3. The first-order valence-electron chi connectivity index (χ1n) is 5.72. The lowest BCUT2D eigenvalue weighted by Crippen LogP contribution is -2.04. The molecule has 2 aromatic rings. The zero-order valence-electron chi connectivity index (χ0n) is 9.81. The highest BCUT2D eigenvalue weighted by Crippen LogP contribution is 2.39. The molecule has 1 fully saturated rings. The van der Waals surface area contributed by atoms with Crippen LogP contribution in [0, 0.1) is 13.8 Å². The number of hydrogen-bond acceptors (Lipinski definition) is 3. The third kappa shape index (κ3) is 1.93. The fraction of sp³-hybridized carbons (Fsp3) is 0.417. The largest absolute Gasteiger partial charge is 0.236 e. The summed E-state index contributed by atoms with van der Waals surface area (Å²) in [6.45, 7) is 3.82. The summed E-state index contributed by atoms with van der Waals surface area (Å²) in [6, 6.07) is 2.03. The molecule has 17 heavy (non-hydrogen) atoms. The first-order valence-corrected chi connectivity index (χ1v) is 6.09. The minimum atomic E-state index is 0.401. The molecule has 2 aromatic heterocycles. The van der Waals surface area contributed by atoms with E-state index in [0.717, 1.165) is 17.1 Å². The number of aryl methyl sites for hydroxylation is 2. The van der Waals surface area contributed by atoms with Crippen LogP contribution in [0.3, 0.4) is 0 Å². The fourth-order valence-corrected chi connectivity index (χ4v) is 2.02. The molecule has 0 radical (unpaired) electrons. The van der Waals surface area contributed by atoms with E-state index in [1.165, 1.54) is 12.8 Å². The van der Waals surface area contributed by atoms with Crippen LogP contribution in [-0.4, -0.2) is 19.7 Å². The van der Waals surface area contributed by atoms with Gasteiger partial charge in [-0.3, -0.25) is 0 Å². The molecule has 4 nitrogen and oxygen atoms in total. The Bertz CT molecular complexity index is 572.